The molecule has 158 valence electrons. The smallest absolute Gasteiger partial charge is 0.261 e. The van der Waals surface area contributed by atoms with Crippen molar-refractivity contribution in [1.29, 1.82) is 0 Å². The van der Waals surface area contributed by atoms with Gasteiger partial charge in [0.2, 0.25) is 5.78 Å². The first-order chi connectivity index (χ1) is 14.7. The molecule has 3 aromatic rings. The lowest BCUT2D eigenvalue weighted by molar-refractivity contribution is 0.561. The molecule has 2 unspecified atom stereocenters. The molecule has 0 amide bonds. The van der Waals surface area contributed by atoms with Gasteiger partial charge in [-0.15, -0.1) is 0 Å². The predicted molar refractivity (Wildman–Crippen MR) is 122 cm³/mol. The molecule has 0 saturated carbocycles. The van der Waals surface area contributed by atoms with E-state index in [0.29, 0.717) is 17.0 Å². The van der Waals surface area contributed by atoms with E-state index in [1.54, 1.807) is 4.40 Å². The van der Waals surface area contributed by atoms with Crippen LogP contribution in [0.1, 0.15) is 32.6 Å². The average molecular weight is 426 g/mol. The summed E-state index contributed by atoms with van der Waals surface area (Å²) in [5, 5.41) is 4.21. The van der Waals surface area contributed by atoms with E-state index < -0.39 is 0 Å². The first-order valence-electron chi connectivity index (χ1n) is 11.0. The number of benzene rings is 1. The van der Waals surface area contributed by atoms with Crippen molar-refractivity contribution in [3.63, 3.8) is 0 Å². The molecular formula is C23H28ClN5O. The van der Waals surface area contributed by atoms with E-state index in [1.807, 2.05) is 36.5 Å². The highest BCUT2D eigenvalue weighted by Gasteiger charge is 2.38. The normalized spacial score (nSPS) is 20.9. The molecule has 0 aliphatic carbocycles. The highest BCUT2D eigenvalue weighted by Crippen LogP contribution is 2.32. The van der Waals surface area contributed by atoms with E-state index in [4.69, 9.17) is 16.6 Å². The maximum absolute atomic E-state index is 13.1. The van der Waals surface area contributed by atoms with E-state index in [1.165, 1.54) is 6.42 Å². The molecule has 0 spiro atoms. The van der Waals surface area contributed by atoms with Gasteiger partial charge < -0.3 is 10.2 Å². The van der Waals surface area contributed by atoms with E-state index in [9.17, 15) is 4.79 Å². The number of imidazole rings is 1. The standard InChI is InChI=1S/C23H28ClN5O/c1-2-3-4-10-28-21(27-11-9-17-13-25-14-20(17)27)12-22(30)29-15-19(26-23(28)29)16-5-7-18(24)8-6-16/h5-8,12,15,17,20,25H,2-4,9-11,13-14H2,1H3. The fourth-order valence-corrected chi connectivity index (χ4v) is 5.08. The number of halogens is 1. The van der Waals surface area contributed by atoms with E-state index in [-0.39, 0.29) is 5.56 Å². The van der Waals surface area contributed by atoms with Crippen molar-refractivity contribution in [1.82, 2.24) is 19.3 Å². The van der Waals surface area contributed by atoms with E-state index in [0.717, 1.165) is 68.3 Å². The summed E-state index contributed by atoms with van der Waals surface area (Å²) in [6, 6.07) is 9.90. The minimum Gasteiger partial charge on any atom is -0.353 e. The van der Waals surface area contributed by atoms with Gasteiger partial charge in [0.15, 0.2) is 0 Å². The van der Waals surface area contributed by atoms with Gasteiger partial charge in [0, 0.05) is 55.1 Å². The molecule has 2 aromatic heterocycles. The quantitative estimate of drug-likeness (QED) is 0.610. The molecule has 0 radical (unpaired) electrons. The summed E-state index contributed by atoms with van der Waals surface area (Å²) < 4.78 is 3.96. The summed E-state index contributed by atoms with van der Waals surface area (Å²) >= 11 is 6.05. The van der Waals surface area contributed by atoms with Gasteiger partial charge in [0.25, 0.3) is 5.56 Å². The molecule has 1 N–H and O–H groups in total. The number of fused-ring (bicyclic) bond motifs is 2. The number of aryl methyl sites for hydroxylation is 1. The van der Waals surface area contributed by atoms with E-state index >= 15 is 0 Å². The number of hydrogen-bond donors (Lipinski definition) is 1. The van der Waals surface area contributed by atoms with Crippen LogP contribution < -0.4 is 15.8 Å². The lowest BCUT2D eigenvalue weighted by Crippen LogP contribution is -2.37. The number of aromatic nitrogens is 3. The van der Waals surface area contributed by atoms with Gasteiger partial charge in [-0.05, 0) is 30.9 Å². The first-order valence-corrected chi connectivity index (χ1v) is 11.4. The van der Waals surface area contributed by atoms with Gasteiger partial charge in [0.1, 0.15) is 5.82 Å². The summed E-state index contributed by atoms with van der Waals surface area (Å²) in [6.07, 6.45) is 6.43. The maximum atomic E-state index is 13.1. The summed E-state index contributed by atoms with van der Waals surface area (Å²) in [5.74, 6) is 2.42. The van der Waals surface area contributed by atoms with Crippen LogP contribution in [-0.2, 0) is 6.54 Å². The molecule has 2 atom stereocenters. The van der Waals surface area contributed by atoms with Gasteiger partial charge in [-0.3, -0.25) is 13.8 Å². The average Bonchev–Trinajstić information content (AvgIpc) is 3.46. The molecule has 2 fully saturated rings. The maximum Gasteiger partial charge on any atom is 0.261 e. The molecule has 2 aliphatic heterocycles. The highest BCUT2D eigenvalue weighted by molar-refractivity contribution is 6.30. The van der Waals surface area contributed by atoms with Crippen LogP contribution >= 0.6 is 11.6 Å². The first kappa shape index (κ1) is 19.6. The minimum absolute atomic E-state index is 0.0196. The second-order valence-electron chi connectivity index (χ2n) is 8.47. The van der Waals surface area contributed by atoms with Gasteiger partial charge in [-0.1, -0.05) is 43.5 Å². The lowest BCUT2D eigenvalue weighted by atomic mass is 10.1. The summed E-state index contributed by atoms with van der Waals surface area (Å²) in [6.45, 7) is 6.15. The zero-order chi connectivity index (χ0) is 20.7. The zero-order valence-corrected chi connectivity index (χ0v) is 18.1. The van der Waals surface area contributed by atoms with Crippen molar-refractivity contribution in [2.75, 3.05) is 24.5 Å². The molecule has 6 nitrogen and oxygen atoms in total. The third-order valence-electron chi connectivity index (χ3n) is 6.56. The highest BCUT2D eigenvalue weighted by atomic mass is 35.5. The molecular weight excluding hydrogens is 398 g/mol. The van der Waals surface area contributed by atoms with Gasteiger partial charge >= 0.3 is 0 Å². The monoisotopic (exact) mass is 425 g/mol. The lowest BCUT2D eigenvalue weighted by Gasteiger charge is -2.29. The minimum atomic E-state index is -0.0196. The Hall–Kier alpha value is -2.31. The number of anilines is 1. The molecule has 1 aromatic carbocycles. The van der Waals surface area contributed by atoms with Crippen LogP contribution in [0.3, 0.4) is 0 Å². The molecule has 0 bridgehead atoms. The van der Waals surface area contributed by atoms with Crippen LogP contribution in [0.2, 0.25) is 5.02 Å². The Bertz CT molecular complexity index is 1100. The van der Waals surface area contributed by atoms with Crippen molar-refractivity contribution < 1.29 is 0 Å². The van der Waals surface area contributed by atoms with Gasteiger partial charge in [0.05, 0.1) is 5.69 Å². The summed E-state index contributed by atoms with van der Waals surface area (Å²) in [5.41, 5.74) is 1.74. The van der Waals surface area contributed by atoms with Crippen LogP contribution in [0.5, 0.6) is 0 Å². The molecule has 5 rings (SSSR count). The fraction of sp³-hybridized carbons (Fsp3) is 0.478. The third kappa shape index (κ3) is 3.42. The number of rotatable bonds is 6. The van der Waals surface area contributed by atoms with Crippen molar-refractivity contribution in [3.05, 3.63) is 51.9 Å². The number of hydrogen-bond acceptors (Lipinski definition) is 4. The third-order valence-corrected chi connectivity index (χ3v) is 6.81. The second kappa shape index (κ2) is 8.08. The number of nitrogens with zero attached hydrogens (tertiary/aromatic N) is 4. The molecule has 7 heteroatoms. The second-order valence-corrected chi connectivity index (χ2v) is 8.91. The van der Waals surface area contributed by atoms with Crippen LogP contribution in [-0.4, -0.2) is 39.6 Å². The SMILES string of the molecule is CCCCCn1c(N2CCC3CNCC32)cc(=O)n2cc(-c3ccc(Cl)cc3)nc12. The number of nitrogens with one attached hydrogen (secondary N) is 1. The van der Waals surface area contributed by atoms with Crippen molar-refractivity contribution in [2.45, 2.75) is 45.2 Å². The molecule has 2 aliphatic rings. The Labute approximate surface area is 181 Å². The summed E-state index contributed by atoms with van der Waals surface area (Å²) in [7, 11) is 0. The Balaban J connectivity index is 1.63. The van der Waals surface area contributed by atoms with E-state index in [2.05, 4.69) is 21.7 Å². The van der Waals surface area contributed by atoms with Crippen molar-refractivity contribution in [2.24, 2.45) is 5.92 Å². The van der Waals surface area contributed by atoms with Crippen molar-refractivity contribution >= 4 is 23.2 Å². The Kier molecular flexibility index (Phi) is 5.29. The topological polar surface area (TPSA) is 54.6 Å². The van der Waals surface area contributed by atoms with Gasteiger partial charge in [-0.25, -0.2) is 4.98 Å². The van der Waals surface area contributed by atoms with Gasteiger partial charge in [-0.2, -0.15) is 0 Å². The molecule has 30 heavy (non-hydrogen) atoms. The number of unbranched alkanes of at least 4 members (excludes halogenated alkanes) is 2. The predicted octanol–water partition coefficient (Wildman–Crippen LogP) is 3.80. The molecule has 2 saturated heterocycles. The zero-order valence-electron chi connectivity index (χ0n) is 17.4. The summed E-state index contributed by atoms with van der Waals surface area (Å²) in [4.78, 5) is 20.4. The molecule has 4 heterocycles. The Morgan fingerprint density at radius 3 is 2.83 bits per heavy atom. The van der Waals surface area contributed by atoms with Crippen LogP contribution in [0.25, 0.3) is 17.0 Å². The Morgan fingerprint density at radius 1 is 1.20 bits per heavy atom. The largest absolute Gasteiger partial charge is 0.353 e. The van der Waals surface area contributed by atoms with Crippen LogP contribution in [0.15, 0.2) is 41.3 Å². The fourth-order valence-electron chi connectivity index (χ4n) is 4.95. The Morgan fingerprint density at radius 2 is 2.03 bits per heavy atom. The van der Waals surface area contributed by atoms with Crippen LogP contribution in [0.4, 0.5) is 5.82 Å². The van der Waals surface area contributed by atoms with Crippen molar-refractivity contribution in [3.8, 4) is 11.3 Å². The van der Waals surface area contributed by atoms with Crippen LogP contribution in [0, 0.1) is 5.92 Å².